The van der Waals surface area contributed by atoms with Crippen molar-refractivity contribution in [3.05, 3.63) is 35.4 Å². The summed E-state index contributed by atoms with van der Waals surface area (Å²) < 4.78 is 5.10. The largest absolute Gasteiger partial charge is 0.452 e. The third-order valence-electron chi connectivity index (χ3n) is 3.77. The first-order valence-corrected chi connectivity index (χ1v) is 7.43. The number of esters is 1. The summed E-state index contributed by atoms with van der Waals surface area (Å²) >= 11 is 0. The van der Waals surface area contributed by atoms with E-state index < -0.39 is 5.97 Å². The van der Waals surface area contributed by atoms with Gasteiger partial charge in [0.2, 0.25) is 0 Å². The van der Waals surface area contributed by atoms with Crippen molar-refractivity contribution in [2.45, 2.75) is 39.0 Å². The number of rotatable bonds is 3. The van der Waals surface area contributed by atoms with Crippen LogP contribution in [-0.2, 0) is 14.9 Å². The first-order chi connectivity index (χ1) is 9.88. The Hall–Kier alpha value is -1.84. The summed E-state index contributed by atoms with van der Waals surface area (Å²) in [6, 6.07) is 7.37. The van der Waals surface area contributed by atoms with Crippen LogP contribution in [0.15, 0.2) is 24.3 Å². The Labute approximate surface area is 126 Å². The predicted molar refractivity (Wildman–Crippen MR) is 81.2 cm³/mol. The number of carbonyl (C=O) groups excluding carboxylic acids is 2. The molecule has 0 bridgehead atoms. The Morgan fingerprint density at radius 2 is 1.67 bits per heavy atom. The molecule has 1 saturated heterocycles. The van der Waals surface area contributed by atoms with E-state index in [4.69, 9.17) is 4.74 Å². The first kappa shape index (κ1) is 15.5. The van der Waals surface area contributed by atoms with Crippen LogP contribution in [0.3, 0.4) is 0 Å². The number of benzene rings is 1. The lowest BCUT2D eigenvalue weighted by Crippen LogP contribution is -2.32. The predicted octanol–water partition coefficient (Wildman–Crippen LogP) is 2.76. The molecule has 21 heavy (non-hydrogen) atoms. The van der Waals surface area contributed by atoms with Crippen molar-refractivity contribution in [3.8, 4) is 0 Å². The van der Waals surface area contributed by atoms with Gasteiger partial charge in [0.1, 0.15) is 0 Å². The molecule has 0 saturated carbocycles. The summed E-state index contributed by atoms with van der Waals surface area (Å²) in [6.07, 6.45) is 2.07. The minimum Gasteiger partial charge on any atom is -0.452 e. The standard InChI is InChI=1S/C17H23NO3/c1-17(2,3)14-8-6-13(7-9-14)16(20)21-12-15(19)18-10-4-5-11-18/h6-9H,4-5,10-12H2,1-3H3. The zero-order valence-electron chi connectivity index (χ0n) is 13.0. The molecule has 0 aliphatic carbocycles. The van der Waals surface area contributed by atoms with Crippen LogP contribution in [0.25, 0.3) is 0 Å². The Kier molecular flexibility index (Phi) is 4.66. The number of ether oxygens (including phenoxy) is 1. The minimum atomic E-state index is -0.442. The smallest absolute Gasteiger partial charge is 0.338 e. The van der Waals surface area contributed by atoms with Crippen molar-refractivity contribution >= 4 is 11.9 Å². The average Bonchev–Trinajstić information content (AvgIpc) is 2.98. The molecule has 1 aliphatic rings. The molecule has 0 N–H and O–H groups in total. The van der Waals surface area contributed by atoms with Gasteiger partial charge in [-0.1, -0.05) is 32.9 Å². The van der Waals surface area contributed by atoms with Crippen molar-refractivity contribution in [1.29, 1.82) is 0 Å². The lowest BCUT2D eigenvalue weighted by atomic mass is 9.87. The highest BCUT2D eigenvalue weighted by Gasteiger charge is 2.20. The molecular formula is C17H23NO3. The van der Waals surface area contributed by atoms with Gasteiger partial charge in [0, 0.05) is 13.1 Å². The van der Waals surface area contributed by atoms with Crippen LogP contribution in [0.2, 0.25) is 0 Å². The number of nitrogens with zero attached hydrogens (tertiary/aromatic N) is 1. The molecule has 114 valence electrons. The van der Waals surface area contributed by atoms with E-state index in [1.807, 2.05) is 12.1 Å². The third-order valence-corrected chi connectivity index (χ3v) is 3.77. The van der Waals surface area contributed by atoms with E-state index in [-0.39, 0.29) is 17.9 Å². The molecule has 1 aliphatic heterocycles. The van der Waals surface area contributed by atoms with Gasteiger partial charge in [-0.25, -0.2) is 4.79 Å². The summed E-state index contributed by atoms with van der Waals surface area (Å²) in [5, 5.41) is 0. The highest BCUT2D eigenvalue weighted by Crippen LogP contribution is 2.22. The summed E-state index contributed by atoms with van der Waals surface area (Å²) in [5.74, 6) is -0.546. The van der Waals surface area contributed by atoms with Crippen LogP contribution < -0.4 is 0 Å². The molecule has 1 heterocycles. The zero-order chi connectivity index (χ0) is 15.5. The second-order valence-electron chi connectivity index (χ2n) is 6.49. The Morgan fingerprint density at radius 1 is 1.10 bits per heavy atom. The van der Waals surface area contributed by atoms with Crippen molar-refractivity contribution in [2.75, 3.05) is 19.7 Å². The molecule has 0 atom stereocenters. The normalized spacial score (nSPS) is 15.1. The first-order valence-electron chi connectivity index (χ1n) is 7.43. The number of hydrogen-bond donors (Lipinski definition) is 0. The maximum absolute atomic E-state index is 11.9. The van der Waals surface area contributed by atoms with Gasteiger partial charge in [-0.05, 0) is 36.0 Å². The molecule has 4 nitrogen and oxygen atoms in total. The van der Waals surface area contributed by atoms with Gasteiger partial charge < -0.3 is 9.64 Å². The molecule has 2 rings (SSSR count). The maximum atomic E-state index is 11.9. The van der Waals surface area contributed by atoms with Crippen LogP contribution in [0, 0.1) is 0 Å². The van der Waals surface area contributed by atoms with Crippen LogP contribution in [-0.4, -0.2) is 36.5 Å². The van der Waals surface area contributed by atoms with Crippen LogP contribution in [0.1, 0.15) is 49.5 Å². The molecular weight excluding hydrogens is 266 g/mol. The Bertz CT molecular complexity index is 508. The number of carbonyl (C=O) groups is 2. The quantitative estimate of drug-likeness (QED) is 0.804. The van der Waals surface area contributed by atoms with E-state index in [2.05, 4.69) is 20.8 Å². The van der Waals surface area contributed by atoms with Crippen molar-refractivity contribution in [1.82, 2.24) is 4.90 Å². The van der Waals surface area contributed by atoms with Crippen molar-refractivity contribution in [3.63, 3.8) is 0 Å². The molecule has 0 radical (unpaired) electrons. The molecule has 1 aromatic carbocycles. The topological polar surface area (TPSA) is 46.6 Å². The van der Waals surface area contributed by atoms with Gasteiger partial charge in [-0.15, -0.1) is 0 Å². The second kappa shape index (κ2) is 6.29. The van der Waals surface area contributed by atoms with E-state index in [1.165, 1.54) is 0 Å². The van der Waals surface area contributed by atoms with E-state index in [1.54, 1.807) is 17.0 Å². The molecule has 4 heteroatoms. The Balaban J connectivity index is 1.89. The van der Waals surface area contributed by atoms with Crippen molar-refractivity contribution < 1.29 is 14.3 Å². The van der Waals surface area contributed by atoms with Gasteiger partial charge in [0.15, 0.2) is 6.61 Å². The SMILES string of the molecule is CC(C)(C)c1ccc(C(=O)OCC(=O)N2CCCC2)cc1. The molecule has 0 unspecified atom stereocenters. The monoisotopic (exact) mass is 289 g/mol. The summed E-state index contributed by atoms with van der Waals surface area (Å²) in [6.45, 7) is 7.74. The molecule has 1 fully saturated rings. The van der Waals surface area contributed by atoms with Gasteiger partial charge in [-0.3, -0.25) is 4.79 Å². The zero-order valence-corrected chi connectivity index (χ0v) is 13.0. The number of hydrogen-bond acceptors (Lipinski definition) is 3. The molecule has 0 spiro atoms. The fraction of sp³-hybridized carbons (Fsp3) is 0.529. The van der Waals surface area contributed by atoms with Crippen LogP contribution in [0.4, 0.5) is 0 Å². The van der Waals surface area contributed by atoms with E-state index in [9.17, 15) is 9.59 Å². The highest BCUT2D eigenvalue weighted by atomic mass is 16.5. The molecule has 0 aromatic heterocycles. The lowest BCUT2D eigenvalue weighted by Gasteiger charge is -2.19. The highest BCUT2D eigenvalue weighted by molar-refractivity contribution is 5.91. The van der Waals surface area contributed by atoms with Crippen LogP contribution >= 0.6 is 0 Å². The van der Waals surface area contributed by atoms with E-state index >= 15 is 0 Å². The second-order valence-corrected chi connectivity index (χ2v) is 6.49. The number of amides is 1. The van der Waals surface area contributed by atoms with Crippen LogP contribution in [0.5, 0.6) is 0 Å². The fourth-order valence-corrected chi connectivity index (χ4v) is 2.37. The number of likely N-dealkylation sites (tertiary alicyclic amines) is 1. The molecule has 1 aromatic rings. The summed E-state index contributed by atoms with van der Waals surface area (Å²) in [4.78, 5) is 25.5. The molecule has 1 amide bonds. The van der Waals surface area contributed by atoms with E-state index in [0.717, 1.165) is 31.5 Å². The van der Waals surface area contributed by atoms with E-state index in [0.29, 0.717) is 5.56 Å². The average molecular weight is 289 g/mol. The van der Waals surface area contributed by atoms with Gasteiger partial charge in [0.25, 0.3) is 5.91 Å². The fourth-order valence-electron chi connectivity index (χ4n) is 2.37. The summed E-state index contributed by atoms with van der Waals surface area (Å²) in [7, 11) is 0. The lowest BCUT2D eigenvalue weighted by molar-refractivity contribution is -0.133. The van der Waals surface area contributed by atoms with Gasteiger partial charge >= 0.3 is 5.97 Å². The van der Waals surface area contributed by atoms with Crippen molar-refractivity contribution in [2.24, 2.45) is 0 Å². The third kappa shape index (κ3) is 4.06. The Morgan fingerprint density at radius 3 is 2.19 bits per heavy atom. The summed E-state index contributed by atoms with van der Waals surface area (Å²) in [5.41, 5.74) is 1.69. The van der Waals surface area contributed by atoms with Gasteiger partial charge in [-0.2, -0.15) is 0 Å². The van der Waals surface area contributed by atoms with Gasteiger partial charge in [0.05, 0.1) is 5.56 Å². The maximum Gasteiger partial charge on any atom is 0.338 e. The minimum absolute atomic E-state index is 0.0498.